The Morgan fingerprint density at radius 2 is 1.74 bits per heavy atom. The Kier molecular flexibility index (Phi) is 4.29. The minimum Gasteiger partial charge on any atom is -0.502 e. The lowest BCUT2D eigenvalue weighted by molar-refractivity contribution is -0.277. The van der Waals surface area contributed by atoms with Crippen LogP contribution in [0.3, 0.4) is 0 Å². The van der Waals surface area contributed by atoms with Crippen molar-refractivity contribution in [3.05, 3.63) is 34.9 Å². The number of fused-ring (bicyclic) bond motifs is 2. The van der Waals surface area contributed by atoms with Crippen molar-refractivity contribution in [1.82, 2.24) is 0 Å². The minimum atomic E-state index is -1.63. The number of hydrogen-bond donors (Lipinski definition) is 5. The topological polar surface area (TPSA) is 163 Å². The molecule has 1 aromatic carbocycles. The van der Waals surface area contributed by atoms with E-state index in [1.54, 1.807) is 0 Å². The van der Waals surface area contributed by atoms with E-state index >= 15 is 0 Å². The molecule has 5 atom stereocenters. The Morgan fingerprint density at radius 3 is 2.48 bits per heavy atom. The average Bonchev–Trinajstić information content (AvgIpc) is 3.15. The van der Waals surface area contributed by atoms with Crippen LogP contribution in [0.5, 0.6) is 11.5 Å². The van der Waals surface area contributed by atoms with Gasteiger partial charge >= 0.3 is 5.63 Å². The second-order valence-electron chi connectivity index (χ2n) is 6.15. The third-order valence-corrected chi connectivity index (χ3v) is 4.50. The van der Waals surface area contributed by atoms with Crippen LogP contribution < -0.4 is 10.4 Å². The summed E-state index contributed by atoms with van der Waals surface area (Å²) in [6.07, 6.45) is -6.13. The van der Waals surface area contributed by atoms with E-state index in [4.69, 9.17) is 18.3 Å². The van der Waals surface area contributed by atoms with Gasteiger partial charge < -0.3 is 43.8 Å². The molecule has 27 heavy (non-hydrogen) atoms. The molecular formula is C17H16O10. The van der Waals surface area contributed by atoms with Crippen LogP contribution in [0.2, 0.25) is 0 Å². The molecule has 1 aliphatic rings. The van der Waals surface area contributed by atoms with Gasteiger partial charge in [0.05, 0.1) is 23.6 Å². The van der Waals surface area contributed by atoms with Gasteiger partial charge in [0.25, 0.3) is 0 Å². The molecule has 4 rings (SSSR count). The van der Waals surface area contributed by atoms with Crippen molar-refractivity contribution in [3.63, 3.8) is 0 Å². The largest absolute Gasteiger partial charge is 0.502 e. The Balaban J connectivity index is 1.84. The third kappa shape index (κ3) is 2.74. The maximum Gasteiger partial charge on any atom is 0.336 e. The maximum absolute atomic E-state index is 11.5. The Labute approximate surface area is 150 Å². The first-order valence-corrected chi connectivity index (χ1v) is 8.05. The normalized spacial score (nSPS) is 28.7. The highest BCUT2D eigenvalue weighted by molar-refractivity contribution is 6.06. The van der Waals surface area contributed by atoms with Crippen LogP contribution in [-0.2, 0) is 4.74 Å². The summed E-state index contributed by atoms with van der Waals surface area (Å²) in [4.78, 5) is 11.5. The summed E-state index contributed by atoms with van der Waals surface area (Å²) in [5, 5.41) is 50.1. The molecule has 0 saturated carbocycles. The van der Waals surface area contributed by atoms with Gasteiger partial charge in [-0.2, -0.15) is 0 Å². The summed E-state index contributed by atoms with van der Waals surface area (Å²) in [5.41, 5.74) is -0.913. The van der Waals surface area contributed by atoms with E-state index in [1.807, 2.05) is 0 Å². The van der Waals surface area contributed by atoms with Crippen LogP contribution in [0.4, 0.5) is 0 Å². The monoisotopic (exact) mass is 380 g/mol. The molecular weight excluding hydrogens is 364 g/mol. The van der Waals surface area contributed by atoms with Crippen LogP contribution >= 0.6 is 0 Å². The number of ether oxygens (including phenoxy) is 2. The van der Waals surface area contributed by atoms with Crippen molar-refractivity contribution < 1.29 is 43.8 Å². The fourth-order valence-electron chi connectivity index (χ4n) is 3.10. The zero-order valence-electron chi connectivity index (χ0n) is 13.7. The molecule has 10 nitrogen and oxygen atoms in total. The van der Waals surface area contributed by atoms with Gasteiger partial charge in [0.1, 0.15) is 30.2 Å². The van der Waals surface area contributed by atoms with Gasteiger partial charge in [0.15, 0.2) is 11.2 Å². The summed E-state index contributed by atoms with van der Waals surface area (Å²) < 4.78 is 21.3. The van der Waals surface area contributed by atoms with E-state index < -0.39 is 48.7 Å². The molecule has 0 amide bonds. The molecule has 3 aromatic rings. The highest BCUT2D eigenvalue weighted by Gasteiger charge is 2.45. The number of phenolic OH excluding ortho intramolecular Hbond substituents is 1. The molecule has 0 aliphatic carbocycles. The number of hydrogen-bond acceptors (Lipinski definition) is 10. The van der Waals surface area contributed by atoms with E-state index in [0.29, 0.717) is 5.39 Å². The second kappa shape index (κ2) is 6.51. The molecule has 10 heteroatoms. The zero-order valence-corrected chi connectivity index (χ0v) is 13.7. The number of benzene rings is 1. The van der Waals surface area contributed by atoms with E-state index in [9.17, 15) is 30.3 Å². The fourth-order valence-corrected chi connectivity index (χ4v) is 3.10. The lowest BCUT2D eigenvalue weighted by Gasteiger charge is -2.39. The van der Waals surface area contributed by atoms with Crippen LogP contribution in [0.15, 0.2) is 38.1 Å². The summed E-state index contributed by atoms with van der Waals surface area (Å²) >= 11 is 0. The summed E-state index contributed by atoms with van der Waals surface area (Å²) in [6.45, 7) is -0.614. The number of aliphatic hydroxyl groups excluding tert-OH is 4. The van der Waals surface area contributed by atoms with E-state index in [-0.39, 0.29) is 22.3 Å². The van der Waals surface area contributed by atoms with Gasteiger partial charge in [-0.15, -0.1) is 0 Å². The fraction of sp³-hybridized carbons (Fsp3) is 0.353. The number of furan rings is 1. The van der Waals surface area contributed by atoms with Crippen molar-refractivity contribution in [1.29, 1.82) is 0 Å². The van der Waals surface area contributed by atoms with Gasteiger partial charge in [-0.25, -0.2) is 4.79 Å². The van der Waals surface area contributed by atoms with Crippen LogP contribution in [0.1, 0.15) is 0 Å². The molecule has 5 N–H and O–H groups in total. The second-order valence-corrected chi connectivity index (χ2v) is 6.15. The Morgan fingerprint density at radius 1 is 1.00 bits per heavy atom. The summed E-state index contributed by atoms with van der Waals surface area (Å²) in [7, 11) is 0. The van der Waals surface area contributed by atoms with Crippen molar-refractivity contribution in [2.75, 3.05) is 6.61 Å². The average molecular weight is 380 g/mol. The molecule has 0 spiro atoms. The number of aromatic hydroxyl groups is 1. The van der Waals surface area contributed by atoms with Crippen LogP contribution in [0, 0.1) is 0 Å². The van der Waals surface area contributed by atoms with E-state index in [1.165, 1.54) is 18.4 Å². The maximum atomic E-state index is 11.5. The van der Waals surface area contributed by atoms with Crippen molar-refractivity contribution in [3.8, 4) is 11.5 Å². The highest BCUT2D eigenvalue weighted by atomic mass is 16.7. The van der Waals surface area contributed by atoms with Gasteiger partial charge in [0.2, 0.25) is 12.0 Å². The number of rotatable bonds is 3. The zero-order chi connectivity index (χ0) is 19.3. The first kappa shape index (κ1) is 17.8. The lowest BCUT2D eigenvalue weighted by Crippen LogP contribution is -2.60. The minimum absolute atomic E-state index is 0.0172. The number of aliphatic hydroxyl groups is 4. The molecule has 0 unspecified atom stereocenters. The predicted octanol–water partition coefficient (Wildman–Crippen LogP) is -0.577. The molecule has 0 radical (unpaired) electrons. The Bertz CT molecular complexity index is 1040. The molecule has 2 aromatic heterocycles. The Hall–Kier alpha value is -2.63. The summed E-state index contributed by atoms with van der Waals surface area (Å²) in [6, 6.07) is 3.96. The van der Waals surface area contributed by atoms with Gasteiger partial charge in [0, 0.05) is 6.07 Å². The predicted molar refractivity (Wildman–Crippen MR) is 88.3 cm³/mol. The first-order valence-electron chi connectivity index (χ1n) is 8.05. The van der Waals surface area contributed by atoms with Gasteiger partial charge in [-0.3, -0.25) is 0 Å². The molecule has 1 aliphatic heterocycles. The SMILES string of the molecule is O=c1ccc2c(O[C@@H]3O[C@@H](CO)[C@H](O)[C@H](O)[C@@H]3O)c3ccoc3c(O)c2o1. The quantitative estimate of drug-likeness (QED) is 0.372. The van der Waals surface area contributed by atoms with Crippen molar-refractivity contribution in [2.45, 2.75) is 30.7 Å². The van der Waals surface area contributed by atoms with Gasteiger partial charge in [-0.1, -0.05) is 0 Å². The van der Waals surface area contributed by atoms with Gasteiger partial charge in [-0.05, 0) is 12.1 Å². The standard InChI is InChI=1S/C17H16O10/c18-5-8-10(20)11(21)12(22)17(25-8)27-14-6-1-2-9(19)26-16(6)13(23)15-7(14)3-4-24-15/h1-4,8,10-12,17-18,20-23H,5H2/t8-,10-,11-,12-,17-/m0/s1. The summed E-state index contributed by atoms with van der Waals surface area (Å²) in [5.74, 6) is -0.344. The van der Waals surface area contributed by atoms with Crippen molar-refractivity contribution >= 4 is 21.9 Å². The smallest absolute Gasteiger partial charge is 0.336 e. The molecule has 144 valence electrons. The highest BCUT2D eigenvalue weighted by Crippen LogP contribution is 2.43. The number of phenols is 1. The van der Waals surface area contributed by atoms with Crippen LogP contribution in [0.25, 0.3) is 21.9 Å². The lowest BCUT2D eigenvalue weighted by atomic mass is 9.99. The third-order valence-electron chi connectivity index (χ3n) is 4.50. The molecule has 1 fully saturated rings. The van der Waals surface area contributed by atoms with E-state index in [0.717, 1.165) is 6.07 Å². The molecule has 0 bridgehead atoms. The first-order chi connectivity index (χ1) is 12.9. The molecule has 3 heterocycles. The van der Waals surface area contributed by atoms with Crippen LogP contribution in [-0.4, -0.2) is 62.8 Å². The van der Waals surface area contributed by atoms with E-state index in [2.05, 4.69) is 0 Å². The van der Waals surface area contributed by atoms with Crippen molar-refractivity contribution in [2.24, 2.45) is 0 Å². The molecule has 1 saturated heterocycles.